The van der Waals surface area contributed by atoms with Crippen molar-refractivity contribution in [3.8, 4) is 0 Å². The summed E-state index contributed by atoms with van der Waals surface area (Å²) in [6.45, 7) is 2.75. The Labute approximate surface area is 147 Å². The minimum atomic E-state index is -0.107. The Morgan fingerprint density at radius 2 is 2.33 bits per heavy atom. The van der Waals surface area contributed by atoms with E-state index < -0.39 is 0 Å². The van der Waals surface area contributed by atoms with Gasteiger partial charge in [0.15, 0.2) is 5.13 Å². The summed E-state index contributed by atoms with van der Waals surface area (Å²) in [5.41, 5.74) is 2.81. The highest BCUT2D eigenvalue weighted by molar-refractivity contribution is 7.15. The molecule has 3 rings (SSSR count). The number of nitrogens with one attached hydrogen (secondary N) is 1. The number of fused-ring (bicyclic) bond motifs is 1. The molecule has 0 spiro atoms. The van der Waals surface area contributed by atoms with Gasteiger partial charge in [-0.1, -0.05) is 31.9 Å². The van der Waals surface area contributed by atoms with E-state index in [2.05, 4.69) is 17.2 Å². The van der Waals surface area contributed by atoms with Crippen molar-refractivity contribution in [1.82, 2.24) is 4.98 Å². The Morgan fingerprint density at radius 1 is 1.46 bits per heavy atom. The summed E-state index contributed by atoms with van der Waals surface area (Å²) < 4.78 is 5.12. The highest BCUT2D eigenvalue weighted by atomic mass is 32.1. The van der Waals surface area contributed by atoms with Crippen LogP contribution in [0.25, 0.3) is 0 Å². The van der Waals surface area contributed by atoms with Gasteiger partial charge in [-0.15, -0.1) is 11.3 Å². The normalized spacial score (nSPS) is 16.7. The van der Waals surface area contributed by atoms with Crippen LogP contribution in [0.2, 0.25) is 0 Å². The number of nitrogens with zero attached hydrogens (tertiary/aromatic N) is 1. The van der Waals surface area contributed by atoms with Crippen LogP contribution in [0, 0.1) is 5.92 Å². The molecule has 0 radical (unpaired) electrons. The summed E-state index contributed by atoms with van der Waals surface area (Å²) in [5.74, 6) is 0.668. The molecular weight excluding hydrogens is 320 g/mol. The number of methoxy groups -OCH3 is 1. The molecule has 128 valence electrons. The molecule has 0 aliphatic heterocycles. The monoisotopic (exact) mass is 344 g/mol. The largest absolute Gasteiger partial charge is 0.380 e. The number of carbonyl (C=O) groups is 1. The Kier molecular flexibility index (Phi) is 5.63. The first-order chi connectivity index (χ1) is 11.7. The second-order valence-corrected chi connectivity index (χ2v) is 7.46. The van der Waals surface area contributed by atoms with Gasteiger partial charge in [0.1, 0.15) is 0 Å². The third kappa shape index (κ3) is 4.02. The van der Waals surface area contributed by atoms with E-state index in [0.717, 1.165) is 29.5 Å². The molecule has 24 heavy (non-hydrogen) atoms. The van der Waals surface area contributed by atoms with Gasteiger partial charge in [0.2, 0.25) is 0 Å². The maximum absolute atomic E-state index is 12.5. The highest BCUT2D eigenvalue weighted by Gasteiger charge is 2.22. The van der Waals surface area contributed by atoms with Crippen LogP contribution in [0.4, 0.5) is 5.13 Å². The lowest BCUT2D eigenvalue weighted by Crippen LogP contribution is -2.13. The number of benzene rings is 1. The van der Waals surface area contributed by atoms with Gasteiger partial charge in [0.25, 0.3) is 5.91 Å². The first-order valence-corrected chi connectivity index (χ1v) is 9.39. The fraction of sp³-hybridized carbons (Fsp3) is 0.474. The fourth-order valence-electron chi connectivity index (χ4n) is 3.29. The van der Waals surface area contributed by atoms with Crippen LogP contribution in [0.5, 0.6) is 0 Å². The third-order valence-corrected chi connectivity index (χ3v) is 5.49. The number of aryl methyl sites for hydroxylation is 1. The number of hydrogen-bond acceptors (Lipinski definition) is 4. The Balaban J connectivity index is 1.68. The van der Waals surface area contributed by atoms with Crippen molar-refractivity contribution in [3.63, 3.8) is 0 Å². The number of carbonyl (C=O) groups excluding carboxylic acids is 1. The van der Waals surface area contributed by atoms with Crippen LogP contribution < -0.4 is 5.32 Å². The van der Waals surface area contributed by atoms with Crippen LogP contribution in [0.1, 0.15) is 52.7 Å². The van der Waals surface area contributed by atoms with Crippen LogP contribution in [0.15, 0.2) is 24.3 Å². The average Bonchev–Trinajstić information content (AvgIpc) is 2.97. The lowest BCUT2D eigenvalue weighted by atomic mass is 9.88. The third-order valence-electron chi connectivity index (χ3n) is 4.46. The second kappa shape index (κ2) is 7.90. The standard InChI is InChI=1S/C19H24N2O2S/c1-3-5-13-8-9-16-17(11-13)24-19(20-16)21-18(22)15-7-4-6-14(10-15)12-23-2/h4,6-7,10,13H,3,5,8-9,11-12H2,1-2H3,(H,20,21,22). The van der Waals surface area contributed by atoms with Gasteiger partial charge < -0.3 is 4.74 Å². The minimum absolute atomic E-state index is 0.107. The number of anilines is 1. The van der Waals surface area contributed by atoms with Crippen LogP contribution in [-0.2, 0) is 24.2 Å². The average molecular weight is 344 g/mol. The number of hydrogen-bond donors (Lipinski definition) is 1. The van der Waals surface area contributed by atoms with E-state index in [1.54, 1.807) is 18.4 Å². The van der Waals surface area contributed by atoms with E-state index in [1.807, 2.05) is 24.3 Å². The van der Waals surface area contributed by atoms with Crippen molar-refractivity contribution < 1.29 is 9.53 Å². The van der Waals surface area contributed by atoms with E-state index in [9.17, 15) is 4.79 Å². The van der Waals surface area contributed by atoms with Crippen molar-refractivity contribution in [2.45, 2.75) is 45.6 Å². The van der Waals surface area contributed by atoms with Gasteiger partial charge in [-0.05, 0) is 42.9 Å². The molecule has 1 aromatic heterocycles. The quantitative estimate of drug-likeness (QED) is 0.842. The predicted molar refractivity (Wildman–Crippen MR) is 97.6 cm³/mol. The van der Waals surface area contributed by atoms with Crippen molar-refractivity contribution in [2.24, 2.45) is 5.92 Å². The zero-order valence-electron chi connectivity index (χ0n) is 14.3. The molecule has 1 atom stereocenters. The molecule has 0 saturated heterocycles. The molecule has 4 nitrogen and oxygen atoms in total. The number of amides is 1. The molecule has 0 saturated carbocycles. The van der Waals surface area contributed by atoms with Crippen LogP contribution >= 0.6 is 11.3 Å². The lowest BCUT2D eigenvalue weighted by molar-refractivity contribution is 0.102. The van der Waals surface area contributed by atoms with Gasteiger partial charge in [-0.25, -0.2) is 4.98 Å². The van der Waals surface area contributed by atoms with Gasteiger partial charge >= 0.3 is 0 Å². The lowest BCUT2D eigenvalue weighted by Gasteiger charge is -2.19. The Hall–Kier alpha value is -1.72. The van der Waals surface area contributed by atoms with Crippen molar-refractivity contribution >= 4 is 22.4 Å². The number of rotatable bonds is 6. The molecule has 1 amide bonds. The van der Waals surface area contributed by atoms with Gasteiger partial charge in [0, 0.05) is 17.6 Å². The highest BCUT2D eigenvalue weighted by Crippen LogP contribution is 2.34. The fourth-order valence-corrected chi connectivity index (χ4v) is 4.41. The van der Waals surface area contributed by atoms with Crippen LogP contribution in [0.3, 0.4) is 0 Å². The van der Waals surface area contributed by atoms with Crippen molar-refractivity contribution in [3.05, 3.63) is 46.0 Å². The molecule has 1 unspecified atom stereocenters. The molecule has 1 N–H and O–H groups in total. The molecule has 0 fully saturated rings. The minimum Gasteiger partial charge on any atom is -0.380 e. The van der Waals surface area contributed by atoms with Crippen molar-refractivity contribution in [1.29, 1.82) is 0 Å². The van der Waals surface area contributed by atoms with Crippen molar-refractivity contribution in [2.75, 3.05) is 12.4 Å². The zero-order chi connectivity index (χ0) is 16.9. The molecule has 1 aliphatic carbocycles. The zero-order valence-corrected chi connectivity index (χ0v) is 15.1. The summed E-state index contributed by atoms with van der Waals surface area (Å²) in [6, 6.07) is 7.52. The first-order valence-electron chi connectivity index (χ1n) is 8.57. The first kappa shape index (κ1) is 17.1. The summed E-state index contributed by atoms with van der Waals surface area (Å²) in [4.78, 5) is 18.4. The van der Waals surface area contributed by atoms with E-state index in [0.29, 0.717) is 12.2 Å². The molecule has 5 heteroatoms. The molecular formula is C19H24N2O2S. The molecule has 1 heterocycles. The summed E-state index contributed by atoms with van der Waals surface area (Å²) in [5, 5.41) is 3.68. The number of ether oxygens (including phenoxy) is 1. The molecule has 0 bridgehead atoms. The second-order valence-electron chi connectivity index (χ2n) is 6.37. The maximum atomic E-state index is 12.5. The molecule has 1 aromatic carbocycles. The SMILES string of the molecule is CCCC1CCc2nc(NC(=O)c3cccc(COC)c3)sc2C1. The summed E-state index contributed by atoms with van der Waals surface area (Å²) in [7, 11) is 1.65. The smallest absolute Gasteiger partial charge is 0.257 e. The Morgan fingerprint density at radius 3 is 3.12 bits per heavy atom. The van der Waals surface area contributed by atoms with E-state index in [4.69, 9.17) is 4.74 Å². The topological polar surface area (TPSA) is 51.2 Å². The van der Waals surface area contributed by atoms with Gasteiger partial charge in [0.05, 0.1) is 12.3 Å². The van der Waals surface area contributed by atoms with E-state index in [-0.39, 0.29) is 5.91 Å². The summed E-state index contributed by atoms with van der Waals surface area (Å²) in [6.07, 6.45) is 5.89. The molecule has 2 aromatic rings. The Bertz CT molecular complexity index is 711. The van der Waals surface area contributed by atoms with Gasteiger partial charge in [-0.3, -0.25) is 10.1 Å². The number of thiazole rings is 1. The molecule has 1 aliphatic rings. The van der Waals surface area contributed by atoms with Gasteiger partial charge in [-0.2, -0.15) is 0 Å². The maximum Gasteiger partial charge on any atom is 0.257 e. The van der Waals surface area contributed by atoms with E-state index >= 15 is 0 Å². The van der Waals surface area contributed by atoms with Crippen LogP contribution in [-0.4, -0.2) is 18.0 Å². The number of aromatic nitrogens is 1. The summed E-state index contributed by atoms with van der Waals surface area (Å²) >= 11 is 1.63. The predicted octanol–water partition coefficient (Wildman–Crippen LogP) is 4.45. The van der Waals surface area contributed by atoms with E-state index in [1.165, 1.54) is 29.8 Å².